The molecule has 0 heterocycles. The van der Waals surface area contributed by atoms with Crippen molar-refractivity contribution in [3.05, 3.63) is 0 Å². The van der Waals surface area contributed by atoms with Gasteiger partial charge in [-0.2, -0.15) is 12.6 Å². The quantitative estimate of drug-likeness (QED) is 0.204. The Morgan fingerprint density at radius 1 is 0.895 bits per heavy atom. The Labute approximate surface area is 146 Å². The molecule has 0 spiro atoms. The van der Waals surface area contributed by atoms with Crippen LogP contribution in [0.5, 0.6) is 0 Å². The maximum Gasteiger partial charge on any atom is 1.00 e. The Kier molecular flexibility index (Phi) is 19.0. The van der Waals surface area contributed by atoms with Crippen molar-refractivity contribution in [1.82, 2.24) is 0 Å². The van der Waals surface area contributed by atoms with Crippen molar-refractivity contribution >= 4 is 24.6 Å². The standard InChI is InChI=1S/C14H26O3S.Na.H/c1-2-3-4-5-6-7-8-9-10-11-13(15)17-14(16)12-18;;/h18H,2-12H2,1H3;;/q;+1;-1. The smallest absolute Gasteiger partial charge is 1.00 e. The van der Waals surface area contributed by atoms with E-state index < -0.39 is 11.9 Å². The summed E-state index contributed by atoms with van der Waals surface area (Å²) in [5.41, 5.74) is 0. The van der Waals surface area contributed by atoms with E-state index in [1.165, 1.54) is 44.9 Å². The fraction of sp³-hybridized carbons (Fsp3) is 0.857. The molecule has 0 N–H and O–H groups in total. The summed E-state index contributed by atoms with van der Waals surface area (Å²) in [6.07, 6.45) is 11.2. The summed E-state index contributed by atoms with van der Waals surface area (Å²) in [6.45, 7) is 2.22. The molecule has 0 aliphatic rings. The van der Waals surface area contributed by atoms with E-state index in [0.29, 0.717) is 6.42 Å². The molecule has 0 aliphatic heterocycles. The van der Waals surface area contributed by atoms with Crippen LogP contribution in [0.2, 0.25) is 0 Å². The second-order valence-electron chi connectivity index (χ2n) is 4.58. The maximum atomic E-state index is 11.1. The normalized spacial score (nSPS) is 9.79. The topological polar surface area (TPSA) is 43.4 Å². The number of carbonyl (C=O) groups is 2. The molecule has 0 aromatic rings. The average molecular weight is 298 g/mol. The first-order valence-electron chi connectivity index (χ1n) is 7.05. The number of unbranched alkanes of at least 4 members (excludes halogenated alkanes) is 8. The van der Waals surface area contributed by atoms with E-state index >= 15 is 0 Å². The first-order chi connectivity index (χ1) is 8.70. The molecule has 0 saturated carbocycles. The van der Waals surface area contributed by atoms with Gasteiger partial charge in [0.1, 0.15) is 0 Å². The predicted octanol–water partition coefficient (Wildman–Crippen LogP) is 1.02. The zero-order valence-electron chi connectivity index (χ0n) is 13.5. The minimum Gasteiger partial charge on any atom is -1.00 e. The Bertz CT molecular complexity index is 240. The second kappa shape index (κ2) is 16.5. The van der Waals surface area contributed by atoms with E-state index in [4.69, 9.17) is 0 Å². The Hall–Kier alpha value is 0.490. The molecule has 0 rings (SSSR count). The van der Waals surface area contributed by atoms with Crippen molar-refractivity contribution in [3.8, 4) is 0 Å². The minimum atomic E-state index is -0.556. The van der Waals surface area contributed by atoms with Crippen molar-refractivity contribution in [3.63, 3.8) is 0 Å². The van der Waals surface area contributed by atoms with Gasteiger partial charge >= 0.3 is 41.5 Å². The van der Waals surface area contributed by atoms with Crippen LogP contribution in [-0.2, 0) is 14.3 Å². The Morgan fingerprint density at radius 3 is 1.84 bits per heavy atom. The van der Waals surface area contributed by atoms with Gasteiger partial charge in [-0.25, -0.2) is 0 Å². The van der Waals surface area contributed by atoms with Gasteiger partial charge in [0, 0.05) is 6.42 Å². The molecular weight excluding hydrogens is 271 g/mol. The van der Waals surface area contributed by atoms with Gasteiger partial charge in [0.15, 0.2) is 0 Å². The molecule has 0 aliphatic carbocycles. The first-order valence-corrected chi connectivity index (χ1v) is 7.68. The summed E-state index contributed by atoms with van der Waals surface area (Å²) in [5, 5.41) is 0. The van der Waals surface area contributed by atoms with E-state index in [-0.39, 0.29) is 36.7 Å². The number of rotatable bonds is 11. The summed E-state index contributed by atoms with van der Waals surface area (Å²) in [5.74, 6) is -1.01. The van der Waals surface area contributed by atoms with E-state index in [9.17, 15) is 9.59 Å². The zero-order chi connectivity index (χ0) is 13.6. The van der Waals surface area contributed by atoms with Gasteiger partial charge < -0.3 is 6.16 Å². The van der Waals surface area contributed by atoms with Crippen LogP contribution in [-0.4, -0.2) is 17.7 Å². The van der Waals surface area contributed by atoms with Crippen LogP contribution in [0.15, 0.2) is 0 Å². The van der Waals surface area contributed by atoms with Crippen LogP contribution in [0.3, 0.4) is 0 Å². The molecular formula is C14H27NaO3S. The van der Waals surface area contributed by atoms with Gasteiger partial charge in [-0.15, -0.1) is 0 Å². The maximum absolute atomic E-state index is 11.1. The van der Waals surface area contributed by atoms with Crippen LogP contribution in [0.4, 0.5) is 0 Å². The van der Waals surface area contributed by atoms with Crippen LogP contribution in [0.25, 0.3) is 0 Å². The predicted molar refractivity (Wildman–Crippen MR) is 77.9 cm³/mol. The Morgan fingerprint density at radius 2 is 1.37 bits per heavy atom. The van der Waals surface area contributed by atoms with Crippen molar-refractivity contribution in [2.75, 3.05) is 5.75 Å². The molecule has 0 amide bonds. The molecule has 0 bridgehead atoms. The van der Waals surface area contributed by atoms with E-state index in [1.807, 2.05) is 0 Å². The summed E-state index contributed by atoms with van der Waals surface area (Å²) >= 11 is 3.74. The molecule has 0 radical (unpaired) electrons. The largest absolute Gasteiger partial charge is 1.00 e. The fourth-order valence-corrected chi connectivity index (χ4v) is 1.85. The summed E-state index contributed by atoms with van der Waals surface area (Å²) in [6, 6.07) is 0. The fourth-order valence-electron chi connectivity index (χ4n) is 1.79. The van der Waals surface area contributed by atoms with Gasteiger partial charge in [-0.3, -0.25) is 9.59 Å². The molecule has 108 valence electrons. The molecule has 5 heteroatoms. The van der Waals surface area contributed by atoms with E-state index in [1.54, 1.807) is 0 Å². The van der Waals surface area contributed by atoms with Crippen molar-refractivity contribution in [2.45, 2.75) is 71.1 Å². The third-order valence-electron chi connectivity index (χ3n) is 2.84. The average Bonchev–Trinajstić information content (AvgIpc) is 2.36. The van der Waals surface area contributed by atoms with Crippen molar-refractivity contribution in [2.24, 2.45) is 0 Å². The molecule has 0 aromatic heterocycles. The van der Waals surface area contributed by atoms with E-state index in [2.05, 4.69) is 24.3 Å². The van der Waals surface area contributed by atoms with Crippen molar-refractivity contribution < 1.29 is 45.3 Å². The summed E-state index contributed by atoms with van der Waals surface area (Å²) in [7, 11) is 0. The summed E-state index contributed by atoms with van der Waals surface area (Å²) in [4.78, 5) is 21.9. The van der Waals surface area contributed by atoms with Crippen LogP contribution in [0, 0.1) is 0 Å². The van der Waals surface area contributed by atoms with Gasteiger partial charge in [-0.1, -0.05) is 58.3 Å². The molecule has 0 fully saturated rings. The number of hydrogen-bond donors (Lipinski definition) is 1. The third-order valence-corrected chi connectivity index (χ3v) is 3.10. The number of esters is 2. The molecule has 0 atom stereocenters. The number of hydrogen-bond acceptors (Lipinski definition) is 4. The van der Waals surface area contributed by atoms with Crippen LogP contribution in [0.1, 0.15) is 72.6 Å². The molecule has 19 heavy (non-hydrogen) atoms. The molecule has 0 aromatic carbocycles. The van der Waals surface area contributed by atoms with E-state index in [0.717, 1.165) is 12.8 Å². The zero-order valence-corrected chi connectivity index (χ0v) is 15.3. The SMILES string of the molecule is CCCCCCCCCCCC(=O)OC(=O)CS.[H-].[Na+]. The van der Waals surface area contributed by atoms with Gasteiger partial charge in [0.05, 0.1) is 5.75 Å². The minimum absolute atomic E-state index is 0. The first kappa shape index (κ1) is 21.8. The number of thiol groups is 1. The van der Waals surface area contributed by atoms with Gasteiger partial charge in [-0.05, 0) is 6.42 Å². The van der Waals surface area contributed by atoms with Gasteiger partial charge in [0.25, 0.3) is 0 Å². The Balaban J connectivity index is -0.00000144. The van der Waals surface area contributed by atoms with Crippen LogP contribution >= 0.6 is 12.6 Å². The number of carbonyl (C=O) groups excluding carboxylic acids is 2. The monoisotopic (exact) mass is 298 g/mol. The molecule has 0 saturated heterocycles. The third kappa shape index (κ3) is 16.4. The van der Waals surface area contributed by atoms with Crippen LogP contribution < -0.4 is 29.6 Å². The summed E-state index contributed by atoms with van der Waals surface area (Å²) < 4.78 is 4.52. The second-order valence-corrected chi connectivity index (χ2v) is 4.90. The number of ether oxygens (including phenoxy) is 1. The molecule has 3 nitrogen and oxygen atoms in total. The van der Waals surface area contributed by atoms with Crippen molar-refractivity contribution in [1.29, 1.82) is 0 Å². The molecule has 0 unspecified atom stereocenters. The van der Waals surface area contributed by atoms with Gasteiger partial charge in [0.2, 0.25) is 0 Å².